The zero-order chi connectivity index (χ0) is 19.2. The number of hydrogen-bond acceptors (Lipinski definition) is 2. The standard InChI is InChI=1S/C26H28N2O/c29-18-8-7-17-11-25-22-13-20-19-3-1-2-4-23(19)27-24(20)14-26(22,21(17)12-18)9-10-28(25)15-16-5-6-16/h1-4,7-8,12,16,22,25,27,29H,5-6,9-11,13-15H2/t22-,25-,26-/m0/s1. The van der Waals surface area contributed by atoms with Gasteiger partial charge in [0, 0.05) is 34.6 Å². The third-order valence-electron chi connectivity index (χ3n) is 8.56. The van der Waals surface area contributed by atoms with Gasteiger partial charge in [0.1, 0.15) is 5.75 Å². The number of piperidine rings is 1. The molecule has 2 bridgehead atoms. The number of fused-ring (bicyclic) bond motifs is 4. The van der Waals surface area contributed by atoms with Gasteiger partial charge in [0.25, 0.3) is 0 Å². The molecule has 2 heterocycles. The molecule has 3 nitrogen and oxygen atoms in total. The van der Waals surface area contributed by atoms with Crippen molar-refractivity contribution >= 4 is 10.9 Å². The van der Waals surface area contributed by atoms with Gasteiger partial charge in [-0.2, -0.15) is 0 Å². The van der Waals surface area contributed by atoms with Crippen molar-refractivity contribution in [1.82, 2.24) is 9.88 Å². The SMILES string of the molecule is Oc1ccc2c(c1)[C@@]13CCN(CC4CC4)[C@@H](C2)[C@@H]1Cc1c([nH]c2ccccc12)C3. The van der Waals surface area contributed by atoms with Crippen molar-refractivity contribution in [2.45, 2.75) is 50.0 Å². The van der Waals surface area contributed by atoms with E-state index in [0.717, 1.165) is 18.8 Å². The highest BCUT2D eigenvalue weighted by molar-refractivity contribution is 5.85. The topological polar surface area (TPSA) is 39.3 Å². The molecule has 1 aromatic heterocycles. The van der Waals surface area contributed by atoms with Crippen LogP contribution in [0.5, 0.6) is 5.75 Å². The molecular formula is C26H28N2O. The highest BCUT2D eigenvalue weighted by Crippen LogP contribution is 2.56. The normalized spacial score (nSPS) is 30.6. The number of nitrogens with zero attached hydrogens (tertiary/aromatic N) is 1. The molecule has 1 saturated heterocycles. The fraction of sp³-hybridized carbons (Fsp3) is 0.462. The summed E-state index contributed by atoms with van der Waals surface area (Å²) in [4.78, 5) is 6.61. The number of hydrogen-bond donors (Lipinski definition) is 2. The highest BCUT2D eigenvalue weighted by atomic mass is 16.3. The van der Waals surface area contributed by atoms with Gasteiger partial charge < -0.3 is 10.1 Å². The maximum Gasteiger partial charge on any atom is 0.115 e. The van der Waals surface area contributed by atoms with Gasteiger partial charge in [-0.1, -0.05) is 24.3 Å². The smallest absolute Gasteiger partial charge is 0.115 e. The molecule has 0 amide bonds. The van der Waals surface area contributed by atoms with Crippen molar-refractivity contribution in [2.24, 2.45) is 11.8 Å². The van der Waals surface area contributed by atoms with Crippen LogP contribution in [0.2, 0.25) is 0 Å². The minimum atomic E-state index is 0.172. The Morgan fingerprint density at radius 2 is 2.00 bits per heavy atom. The second-order valence-electron chi connectivity index (χ2n) is 10.1. The number of aromatic nitrogens is 1. The number of H-pyrrole nitrogens is 1. The lowest BCUT2D eigenvalue weighted by atomic mass is 9.52. The molecule has 3 aliphatic carbocycles. The van der Waals surface area contributed by atoms with Crippen molar-refractivity contribution in [1.29, 1.82) is 0 Å². The molecule has 3 aromatic rings. The van der Waals surface area contributed by atoms with Gasteiger partial charge in [0.15, 0.2) is 0 Å². The predicted molar refractivity (Wildman–Crippen MR) is 115 cm³/mol. The van der Waals surface area contributed by atoms with Crippen LogP contribution < -0.4 is 0 Å². The van der Waals surface area contributed by atoms with Gasteiger partial charge in [0.2, 0.25) is 0 Å². The van der Waals surface area contributed by atoms with E-state index >= 15 is 0 Å². The van der Waals surface area contributed by atoms with Gasteiger partial charge in [0.05, 0.1) is 0 Å². The Balaban J connectivity index is 1.41. The van der Waals surface area contributed by atoms with Crippen LogP contribution in [0.1, 0.15) is 41.6 Å². The Bertz CT molecular complexity index is 1130. The van der Waals surface area contributed by atoms with E-state index in [9.17, 15) is 5.11 Å². The summed E-state index contributed by atoms with van der Waals surface area (Å²) in [6.45, 7) is 2.51. The monoisotopic (exact) mass is 384 g/mol. The first-order valence-corrected chi connectivity index (χ1v) is 11.4. The first-order valence-electron chi connectivity index (χ1n) is 11.4. The van der Waals surface area contributed by atoms with E-state index in [1.165, 1.54) is 66.5 Å². The van der Waals surface area contributed by atoms with E-state index in [1.807, 2.05) is 6.07 Å². The molecule has 7 rings (SSSR count). The van der Waals surface area contributed by atoms with Gasteiger partial charge >= 0.3 is 0 Å². The Kier molecular flexibility index (Phi) is 3.23. The maximum atomic E-state index is 10.3. The summed E-state index contributed by atoms with van der Waals surface area (Å²) >= 11 is 0. The summed E-state index contributed by atoms with van der Waals surface area (Å²) in [6, 6.07) is 15.7. The minimum absolute atomic E-state index is 0.172. The van der Waals surface area contributed by atoms with Crippen LogP contribution in [0.3, 0.4) is 0 Å². The van der Waals surface area contributed by atoms with E-state index in [0.29, 0.717) is 17.7 Å². The van der Waals surface area contributed by atoms with Gasteiger partial charge in [-0.05, 0) is 91.8 Å². The van der Waals surface area contributed by atoms with Gasteiger partial charge in [-0.3, -0.25) is 4.90 Å². The number of benzene rings is 2. The first kappa shape index (κ1) is 16.5. The lowest BCUT2D eigenvalue weighted by Gasteiger charge is -2.59. The van der Waals surface area contributed by atoms with Crippen LogP contribution >= 0.6 is 0 Å². The minimum Gasteiger partial charge on any atom is -0.508 e. The number of para-hydroxylation sites is 1. The molecule has 2 N–H and O–H groups in total. The fourth-order valence-corrected chi connectivity index (χ4v) is 7.03. The van der Waals surface area contributed by atoms with Gasteiger partial charge in [-0.15, -0.1) is 0 Å². The van der Waals surface area contributed by atoms with Crippen LogP contribution in [-0.4, -0.2) is 34.1 Å². The second kappa shape index (κ2) is 5.66. The molecule has 0 unspecified atom stereocenters. The highest BCUT2D eigenvalue weighted by Gasteiger charge is 2.55. The summed E-state index contributed by atoms with van der Waals surface area (Å²) < 4.78 is 0. The average molecular weight is 385 g/mol. The molecule has 0 radical (unpaired) electrons. The maximum absolute atomic E-state index is 10.3. The predicted octanol–water partition coefficient (Wildman–Crippen LogP) is 4.57. The lowest BCUT2D eigenvalue weighted by molar-refractivity contribution is 0.00515. The Morgan fingerprint density at radius 1 is 1.10 bits per heavy atom. The van der Waals surface area contributed by atoms with Crippen molar-refractivity contribution in [3.63, 3.8) is 0 Å². The van der Waals surface area contributed by atoms with Crippen LogP contribution in [0.15, 0.2) is 42.5 Å². The lowest BCUT2D eigenvalue weighted by Crippen LogP contribution is -2.62. The first-order chi connectivity index (χ1) is 14.2. The molecule has 148 valence electrons. The number of likely N-dealkylation sites (tertiary alicyclic amines) is 1. The van der Waals surface area contributed by atoms with E-state index in [1.54, 1.807) is 5.56 Å². The zero-order valence-electron chi connectivity index (χ0n) is 16.8. The van der Waals surface area contributed by atoms with Crippen LogP contribution in [0.4, 0.5) is 0 Å². The van der Waals surface area contributed by atoms with Crippen LogP contribution in [0.25, 0.3) is 10.9 Å². The number of aromatic hydroxyl groups is 1. The molecule has 1 aliphatic heterocycles. The van der Waals surface area contributed by atoms with E-state index < -0.39 is 0 Å². The summed E-state index contributed by atoms with van der Waals surface area (Å²) in [5.74, 6) is 2.02. The molecular weight excluding hydrogens is 356 g/mol. The Labute approximate surface area is 171 Å². The molecule has 2 aromatic carbocycles. The second-order valence-corrected chi connectivity index (χ2v) is 10.1. The largest absolute Gasteiger partial charge is 0.508 e. The molecule has 4 aliphatic rings. The van der Waals surface area contributed by atoms with E-state index in [2.05, 4.69) is 46.3 Å². The number of phenols is 1. The molecule has 0 spiro atoms. The number of rotatable bonds is 2. The van der Waals surface area contributed by atoms with Crippen molar-refractivity contribution in [3.8, 4) is 5.75 Å². The average Bonchev–Trinajstić information content (AvgIpc) is 3.48. The number of nitrogens with one attached hydrogen (secondary N) is 1. The number of aromatic amines is 1. The summed E-state index contributed by atoms with van der Waals surface area (Å²) in [5, 5.41) is 11.8. The van der Waals surface area contributed by atoms with Crippen molar-refractivity contribution in [2.75, 3.05) is 13.1 Å². The fourth-order valence-electron chi connectivity index (χ4n) is 7.03. The van der Waals surface area contributed by atoms with Crippen molar-refractivity contribution < 1.29 is 5.11 Å². The molecule has 3 atom stereocenters. The van der Waals surface area contributed by atoms with Crippen molar-refractivity contribution in [3.05, 3.63) is 64.8 Å². The summed E-state index contributed by atoms with van der Waals surface area (Å²) in [5.41, 5.74) is 7.37. The van der Waals surface area contributed by atoms with E-state index in [4.69, 9.17) is 0 Å². The third-order valence-corrected chi connectivity index (χ3v) is 8.56. The van der Waals surface area contributed by atoms with Gasteiger partial charge in [-0.25, -0.2) is 0 Å². The Hall–Kier alpha value is -2.26. The summed E-state index contributed by atoms with van der Waals surface area (Å²) in [6.07, 6.45) is 7.47. The zero-order valence-corrected chi connectivity index (χ0v) is 16.8. The van der Waals surface area contributed by atoms with Crippen LogP contribution in [0, 0.1) is 11.8 Å². The quantitative estimate of drug-likeness (QED) is 0.680. The molecule has 29 heavy (non-hydrogen) atoms. The van der Waals surface area contributed by atoms with Crippen LogP contribution in [-0.2, 0) is 24.7 Å². The number of phenolic OH excluding ortho intramolecular Hbond substituents is 1. The van der Waals surface area contributed by atoms with E-state index in [-0.39, 0.29) is 5.41 Å². The Morgan fingerprint density at radius 3 is 2.90 bits per heavy atom. The third kappa shape index (κ3) is 2.28. The molecule has 2 fully saturated rings. The molecule has 3 heteroatoms. The summed E-state index contributed by atoms with van der Waals surface area (Å²) in [7, 11) is 0. The molecule has 1 saturated carbocycles.